The average Bonchev–Trinajstić information content (AvgIpc) is 2.20. The molecule has 0 atom stereocenters. The highest BCUT2D eigenvalue weighted by molar-refractivity contribution is 5.85. The van der Waals surface area contributed by atoms with E-state index in [1.54, 1.807) is 0 Å². The topological polar surface area (TPSA) is 54.7 Å². The Morgan fingerprint density at radius 2 is 1.92 bits per heavy atom. The van der Waals surface area contributed by atoms with E-state index in [0.717, 1.165) is 17.8 Å². The summed E-state index contributed by atoms with van der Waals surface area (Å²) < 4.78 is 0. The van der Waals surface area contributed by atoms with Crippen molar-refractivity contribution in [3.05, 3.63) is 17.0 Å². The van der Waals surface area contributed by atoms with Gasteiger partial charge in [-0.2, -0.15) is 5.10 Å². The van der Waals surface area contributed by atoms with Crippen LogP contribution in [0.15, 0.2) is 0 Å². The van der Waals surface area contributed by atoms with Gasteiger partial charge in [-0.15, -0.1) is 24.8 Å². The molecule has 0 radical (unpaired) electrons. The van der Waals surface area contributed by atoms with Crippen LogP contribution >= 0.6 is 24.8 Å². The van der Waals surface area contributed by atoms with Crippen LogP contribution in [0.2, 0.25) is 0 Å². The van der Waals surface area contributed by atoms with Crippen molar-refractivity contribution in [2.24, 2.45) is 5.73 Å². The number of nitrogens with two attached hydrogens (primary N) is 1. The lowest BCUT2D eigenvalue weighted by molar-refractivity contribution is 0.949. The molecule has 1 heterocycles. The molecular formula is C7H15Cl2N3. The van der Waals surface area contributed by atoms with E-state index in [2.05, 4.69) is 10.2 Å². The molecule has 0 aliphatic heterocycles. The highest BCUT2D eigenvalue weighted by Gasteiger charge is 2.03. The van der Waals surface area contributed by atoms with Gasteiger partial charge in [0.2, 0.25) is 0 Å². The molecule has 0 aromatic carbocycles. The number of nitrogens with zero attached hydrogens (tertiary/aromatic N) is 1. The second-order valence-electron chi connectivity index (χ2n) is 2.45. The third-order valence-electron chi connectivity index (χ3n) is 1.68. The van der Waals surface area contributed by atoms with Gasteiger partial charge >= 0.3 is 0 Å². The van der Waals surface area contributed by atoms with Gasteiger partial charge in [-0.05, 0) is 32.4 Å². The molecule has 5 heteroatoms. The SMILES string of the molecule is Cc1n[nH]c(C)c1CCN.Cl.Cl. The lowest BCUT2D eigenvalue weighted by atomic mass is 10.1. The molecule has 0 aliphatic carbocycles. The van der Waals surface area contributed by atoms with Crippen molar-refractivity contribution in [2.45, 2.75) is 20.3 Å². The molecule has 0 bridgehead atoms. The first-order valence-corrected chi connectivity index (χ1v) is 3.46. The maximum atomic E-state index is 5.42. The van der Waals surface area contributed by atoms with E-state index in [9.17, 15) is 0 Å². The third-order valence-corrected chi connectivity index (χ3v) is 1.68. The van der Waals surface area contributed by atoms with Crippen LogP contribution in [0.4, 0.5) is 0 Å². The minimum absolute atomic E-state index is 0. The fourth-order valence-electron chi connectivity index (χ4n) is 1.09. The summed E-state index contributed by atoms with van der Waals surface area (Å²) in [7, 11) is 0. The van der Waals surface area contributed by atoms with Gasteiger partial charge in [0.15, 0.2) is 0 Å². The van der Waals surface area contributed by atoms with Crippen LogP contribution in [0.25, 0.3) is 0 Å². The van der Waals surface area contributed by atoms with Gasteiger partial charge in [0, 0.05) is 5.69 Å². The highest BCUT2D eigenvalue weighted by Crippen LogP contribution is 2.08. The summed E-state index contributed by atoms with van der Waals surface area (Å²) in [5.74, 6) is 0. The normalized spacial score (nSPS) is 8.58. The van der Waals surface area contributed by atoms with Gasteiger partial charge in [0.05, 0.1) is 5.69 Å². The van der Waals surface area contributed by atoms with Gasteiger partial charge in [0.1, 0.15) is 0 Å². The van der Waals surface area contributed by atoms with Crippen LogP contribution in [0, 0.1) is 13.8 Å². The molecule has 0 amide bonds. The zero-order valence-electron chi connectivity index (χ0n) is 7.26. The first-order chi connectivity index (χ1) is 4.75. The average molecular weight is 212 g/mol. The minimum atomic E-state index is 0. The molecule has 1 aromatic rings. The largest absolute Gasteiger partial charge is 0.330 e. The Hall–Kier alpha value is -0.250. The summed E-state index contributed by atoms with van der Waals surface area (Å²) in [5.41, 5.74) is 8.90. The zero-order valence-corrected chi connectivity index (χ0v) is 8.89. The maximum absolute atomic E-state index is 5.42. The van der Waals surface area contributed by atoms with Crippen LogP contribution in [-0.2, 0) is 6.42 Å². The Kier molecular flexibility index (Phi) is 7.48. The lowest BCUT2D eigenvalue weighted by Gasteiger charge is -1.95. The smallest absolute Gasteiger partial charge is 0.0626 e. The Labute approximate surface area is 84.9 Å². The summed E-state index contributed by atoms with van der Waals surface area (Å²) in [6, 6.07) is 0. The number of aromatic amines is 1. The molecule has 72 valence electrons. The molecule has 0 saturated carbocycles. The van der Waals surface area contributed by atoms with Crippen LogP contribution in [0.5, 0.6) is 0 Å². The summed E-state index contributed by atoms with van der Waals surface area (Å²) in [6.07, 6.45) is 0.925. The first-order valence-electron chi connectivity index (χ1n) is 3.46. The van der Waals surface area contributed by atoms with Crippen LogP contribution in [-0.4, -0.2) is 16.7 Å². The van der Waals surface area contributed by atoms with Gasteiger partial charge < -0.3 is 5.73 Å². The van der Waals surface area contributed by atoms with Crippen molar-refractivity contribution in [1.82, 2.24) is 10.2 Å². The number of hydrogen-bond acceptors (Lipinski definition) is 2. The summed E-state index contributed by atoms with van der Waals surface area (Å²) in [6.45, 7) is 4.71. The number of H-pyrrole nitrogens is 1. The first kappa shape index (κ1) is 14.3. The van der Waals surface area contributed by atoms with Crippen molar-refractivity contribution in [2.75, 3.05) is 6.54 Å². The standard InChI is InChI=1S/C7H13N3.2ClH/c1-5-7(3-4-8)6(2)10-9-5;;/h3-4,8H2,1-2H3,(H,9,10);2*1H. The monoisotopic (exact) mass is 211 g/mol. The second-order valence-corrected chi connectivity index (χ2v) is 2.45. The highest BCUT2D eigenvalue weighted by atomic mass is 35.5. The Morgan fingerprint density at radius 1 is 1.33 bits per heavy atom. The molecule has 3 N–H and O–H groups in total. The molecular weight excluding hydrogens is 197 g/mol. The predicted molar refractivity (Wildman–Crippen MR) is 55.3 cm³/mol. The molecule has 0 fully saturated rings. The number of aryl methyl sites for hydroxylation is 2. The Balaban J connectivity index is 0. The van der Waals surface area contributed by atoms with E-state index in [1.807, 2.05) is 13.8 Å². The quantitative estimate of drug-likeness (QED) is 0.777. The molecule has 0 saturated heterocycles. The van der Waals surface area contributed by atoms with Gasteiger partial charge in [-0.1, -0.05) is 0 Å². The van der Waals surface area contributed by atoms with E-state index in [0.29, 0.717) is 6.54 Å². The van der Waals surface area contributed by atoms with Crippen molar-refractivity contribution in [3.63, 3.8) is 0 Å². The summed E-state index contributed by atoms with van der Waals surface area (Å²) in [4.78, 5) is 0. The van der Waals surface area contributed by atoms with Crippen molar-refractivity contribution in [1.29, 1.82) is 0 Å². The van der Waals surface area contributed by atoms with Gasteiger partial charge in [-0.25, -0.2) is 0 Å². The Bertz CT molecular complexity index is 203. The second kappa shape index (κ2) is 6.29. The number of nitrogens with one attached hydrogen (secondary N) is 1. The number of halogens is 2. The van der Waals surface area contributed by atoms with Crippen molar-refractivity contribution in [3.8, 4) is 0 Å². The molecule has 1 rings (SSSR count). The van der Waals surface area contributed by atoms with E-state index in [1.165, 1.54) is 5.56 Å². The van der Waals surface area contributed by atoms with Crippen LogP contribution in [0.3, 0.4) is 0 Å². The fourth-order valence-corrected chi connectivity index (χ4v) is 1.09. The maximum Gasteiger partial charge on any atom is 0.0626 e. The molecule has 3 nitrogen and oxygen atoms in total. The molecule has 0 spiro atoms. The van der Waals surface area contributed by atoms with Crippen molar-refractivity contribution >= 4 is 24.8 Å². The molecule has 0 aliphatic rings. The fraction of sp³-hybridized carbons (Fsp3) is 0.571. The van der Waals surface area contributed by atoms with Gasteiger partial charge in [0.25, 0.3) is 0 Å². The lowest BCUT2D eigenvalue weighted by Crippen LogP contribution is -2.03. The number of aromatic nitrogens is 2. The zero-order chi connectivity index (χ0) is 7.56. The predicted octanol–water partition coefficient (Wildman–Crippen LogP) is 1.37. The number of hydrogen-bond donors (Lipinski definition) is 2. The summed E-state index contributed by atoms with van der Waals surface area (Å²) >= 11 is 0. The molecule has 12 heavy (non-hydrogen) atoms. The number of rotatable bonds is 2. The minimum Gasteiger partial charge on any atom is -0.330 e. The molecule has 1 aromatic heterocycles. The van der Waals surface area contributed by atoms with E-state index in [-0.39, 0.29) is 24.8 Å². The van der Waals surface area contributed by atoms with Gasteiger partial charge in [-0.3, -0.25) is 5.10 Å². The van der Waals surface area contributed by atoms with Crippen molar-refractivity contribution < 1.29 is 0 Å². The molecule has 0 unspecified atom stereocenters. The third kappa shape index (κ3) is 3.01. The Morgan fingerprint density at radius 3 is 2.25 bits per heavy atom. The van der Waals surface area contributed by atoms with Crippen LogP contribution < -0.4 is 5.73 Å². The van der Waals surface area contributed by atoms with E-state index in [4.69, 9.17) is 5.73 Å². The summed E-state index contributed by atoms with van der Waals surface area (Å²) in [5, 5.41) is 6.97. The van der Waals surface area contributed by atoms with E-state index < -0.39 is 0 Å². The van der Waals surface area contributed by atoms with Crippen LogP contribution in [0.1, 0.15) is 17.0 Å². The van der Waals surface area contributed by atoms with E-state index >= 15 is 0 Å².